The quantitative estimate of drug-likeness (QED) is 0.361. The van der Waals surface area contributed by atoms with Crippen molar-refractivity contribution in [1.29, 1.82) is 0 Å². The minimum Gasteiger partial charge on any atom is -0.303 e. The lowest BCUT2D eigenvalue weighted by Crippen LogP contribution is -2.23. The summed E-state index contributed by atoms with van der Waals surface area (Å²) >= 11 is 0. The van der Waals surface area contributed by atoms with Gasteiger partial charge in [-0.1, -0.05) is 5.11 Å². The minimum atomic E-state index is -0.224. The Kier molecular flexibility index (Phi) is 3.84. The molecule has 1 fully saturated rings. The van der Waals surface area contributed by atoms with Crippen LogP contribution in [0.4, 0.5) is 4.39 Å². The van der Waals surface area contributed by atoms with Crippen molar-refractivity contribution in [2.45, 2.75) is 6.42 Å². The lowest BCUT2D eigenvalue weighted by molar-refractivity contribution is 0.309. The zero-order chi connectivity index (χ0) is 8.81. The second kappa shape index (κ2) is 4.95. The summed E-state index contributed by atoms with van der Waals surface area (Å²) < 4.78 is 12.2. The maximum Gasteiger partial charge on any atom is 0.0935 e. The molecule has 68 valence electrons. The number of nitrogens with zero attached hydrogens (tertiary/aromatic N) is 4. The third-order valence-corrected chi connectivity index (χ3v) is 2.17. The molecule has 0 bridgehead atoms. The Hall–Kier alpha value is -0.800. The van der Waals surface area contributed by atoms with E-state index in [2.05, 4.69) is 14.9 Å². The monoisotopic (exact) mass is 172 g/mol. The number of hydrogen-bond acceptors (Lipinski definition) is 2. The Morgan fingerprint density at radius 3 is 3.08 bits per heavy atom. The Labute approximate surface area is 71.0 Å². The molecule has 1 aliphatic heterocycles. The van der Waals surface area contributed by atoms with Crippen LogP contribution in [-0.4, -0.2) is 37.8 Å². The third-order valence-electron chi connectivity index (χ3n) is 2.17. The lowest BCUT2D eigenvalue weighted by atomic mass is 10.1. The van der Waals surface area contributed by atoms with Crippen LogP contribution in [0.5, 0.6) is 0 Å². The van der Waals surface area contributed by atoms with Crippen LogP contribution in [0.15, 0.2) is 5.11 Å². The van der Waals surface area contributed by atoms with Gasteiger partial charge >= 0.3 is 0 Å². The molecule has 1 rings (SSSR count). The van der Waals surface area contributed by atoms with Crippen LogP contribution in [0.2, 0.25) is 0 Å². The van der Waals surface area contributed by atoms with Gasteiger partial charge in [-0.15, -0.1) is 0 Å². The summed E-state index contributed by atoms with van der Waals surface area (Å²) in [7, 11) is 0. The average molecular weight is 172 g/mol. The van der Waals surface area contributed by atoms with E-state index in [-0.39, 0.29) is 12.6 Å². The summed E-state index contributed by atoms with van der Waals surface area (Å²) in [5.41, 5.74) is 8.02. The van der Waals surface area contributed by atoms with Crippen LogP contribution in [0.25, 0.3) is 10.4 Å². The van der Waals surface area contributed by atoms with Crippen LogP contribution < -0.4 is 0 Å². The first kappa shape index (κ1) is 9.29. The summed E-state index contributed by atoms with van der Waals surface area (Å²) in [6.45, 7) is 2.79. The molecule has 0 aromatic carbocycles. The normalized spacial score (nSPS) is 23.9. The third kappa shape index (κ3) is 2.68. The predicted octanol–water partition coefficient (Wildman–Crippen LogP) is 1.59. The molecule has 1 heterocycles. The van der Waals surface area contributed by atoms with Gasteiger partial charge in [-0.25, -0.2) is 0 Å². The molecule has 0 amide bonds. The zero-order valence-corrected chi connectivity index (χ0v) is 6.99. The van der Waals surface area contributed by atoms with E-state index in [0.717, 1.165) is 26.1 Å². The van der Waals surface area contributed by atoms with Gasteiger partial charge in [0.2, 0.25) is 0 Å². The van der Waals surface area contributed by atoms with Crippen molar-refractivity contribution in [2.24, 2.45) is 11.0 Å². The van der Waals surface area contributed by atoms with Crippen molar-refractivity contribution < 1.29 is 4.39 Å². The van der Waals surface area contributed by atoms with Crippen molar-refractivity contribution >= 4 is 0 Å². The number of likely N-dealkylation sites (tertiary alicyclic amines) is 1. The second-order valence-electron chi connectivity index (χ2n) is 3.06. The highest BCUT2D eigenvalue weighted by Crippen LogP contribution is 2.15. The highest BCUT2D eigenvalue weighted by Gasteiger charge is 2.21. The van der Waals surface area contributed by atoms with Crippen molar-refractivity contribution in [3.05, 3.63) is 10.4 Å². The van der Waals surface area contributed by atoms with Crippen LogP contribution >= 0.6 is 0 Å². The summed E-state index contributed by atoms with van der Waals surface area (Å²) in [6.07, 6.45) is 0.937. The molecular formula is C7H13FN4. The smallest absolute Gasteiger partial charge is 0.0935 e. The van der Waals surface area contributed by atoms with Crippen molar-refractivity contribution in [3.63, 3.8) is 0 Å². The molecule has 0 aromatic heterocycles. The molecular weight excluding hydrogens is 159 g/mol. The predicted molar refractivity (Wildman–Crippen MR) is 44.5 cm³/mol. The maximum atomic E-state index is 12.2. The van der Waals surface area contributed by atoms with Crippen LogP contribution in [-0.2, 0) is 0 Å². The maximum absolute atomic E-state index is 12.2. The fourth-order valence-corrected chi connectivity index (χ4v) is 1.47. The largest absolute Gasteiger partial charge is 0.303 e. The topological polar surface area (TPSA) is 52.0 Å². The number of azide groups is 1. The summed E-state index contributed by atoms with van der Waals surface area (Å²) in [4.78, 5) is 4.80. The van der Waals surface area contributed by atoms with Crippen molar-refractivity contribution in [1.82, 2.24) is 4.90 Å². The van der Waals surface area contributed by atoms with Gasteiger partial charge in [0.05, 0.1) is 6.67 Å². The molecule has 0 spiro atoms. The van der Waals surface area contributed by atoms with Gasteiger partial charge in [-0.05, 0) is 18.5 Å². The number of rotatable bonds is 4. The van der Waals surface area contributed by atoms with Crippen LogP contribution in [0.1, 0.15) is 6.42 Å². The number of hydrogen-bond donors (Lipinski definition) is 0. The first-order chi connectivity index (χ1) is 5.86. The van der Waals surface area contributed by atoms with E-state index in [4.69, 9.17) is 5.53 Å². The van der Waals surface area contributed by atoms with Gasteiger partial charge in [0.15, 0.2) is 0 Å². The molecule has 0 unspecified atom stereocenters. The molecule has 0 N–H and O–H groups in total. The van der Waals surface area contributed by atoms with Gasteiger partial charge in [0.1, 0.15) is 0 Å². The molecule has 4 nitrogen and oxygen atoms in total. The highest BCUT2D eigenvalue weighted by atomic mass is 19.1. The fourth-order valence-electron chi connectivity index (χ4n) is 1.47. The van der Waals surface area contributed by atoms with Gasteiger partial charge in [-0.3, -0.25) is 4.39 Å². The van der Waals surface area contributed by atoms with Gasteiger partial charge in [0, 0.05) is 30.5 Å². The standard InChI is InChI=1S/C7H13FN4/c8-5-7-1-3-12(6-7)4-2-10-11-9/h7H,1-6H2/t7-/m1/s1. The van der Waals surface area contributed by atoms with E-state index in [9.17, 15) is 4.39 Å². The highest BCUT2D eigenvalue weighted by molar-refractivity contribution is 4.75. The Morgan fingerprint density at radius 1 is 1.67 bits per heavy atom. The Morgan fingerprint density at radius 2 is 2.50 bits per heavy atom. The molecule has 0 aromatic rings. The van der Waals surface area contributed by atoms with E-state index in [0.29, 0.717) is 6.54 Å². The first-order valence-electron chi connectivity index (χ1n) is 4.16. The van der Waals surface area contributed by atoms with Crippen LogP contribution in [0.3, 0.4) is 0 Å². The summed E-state index contributed by atoms with van der Waals surface area (Å²) in [5.74, 6) is 0.205. The molecule has 1 aliphatic rings. The van der Waals surface area contributed by atoms with Gasteiger partial charge < -0.3 is 4.90 Å². The minimum absolute atomic E-state index is 0.205. The summed E-state index contributed by atoms with van der Waals surface area (Å²) in [6, 6.07) is 0. The van der Waals surface area contributed by atoms with E-state index in [1.165, 1.54) is 0 Å². The molecule has 0 aliphatic carbocycles. The molecule has 0 radical (unpaired) electrons. The Balaban J connectivity index is 2.14. The van der Waals surface area contributed by atoms with Crippen molar-refractivity contribution in [3.8, 4) is 0 Å². The summed E-state index contributed by atoms with van der Waals surface area (Å²) in [5, 5.41) is 3.43. The Bertz CT molecular complexity index is 178. The molecule has 1 atom stereocenters. The van der Waals surface area contributed by atoms with Gasteiger partial charge in [-0.2, -0.15) is 0 Å². The zero-order valence-electron chi connectivity index (χ0n) is 6.99. The lowest BCUT2D eigenvalue weighted by Gasteiger charge is -2.12. The second-order valence-corrected chi connectivity index (χ2v) is 3.06. The first-order valence-corrected chi connectivity index (χ1v) is 4.16. The molecule has 0 saturated carbocycles. The van der Waals surface area contributed by atoms with E-state index in [1.807, 2.05) is 0 Å². The van der Waals surface area contributed by atoms with Gasteiger partial charge in [0.25, 0.3) is 0 Å². The molecule has 12 heavy (non-hydrogen) atoms. The van der Waals surface area contributed by atoms with E-state index in [1.54, 1.807) is 0 Å². The average Bonchev–Trinajstić information content (AvgIpc) is 2.53. The number of alkyl halides is 1. The molecule has 1 saturated heterocycles. The van der Waals surface area contributed by atoms with Crippen LogP contribution in [0, 0.1) is 5.92 Å². The van der Waals surface area contributed by atoms with Crippen molar-refractivity contribution in [2.75, 3.05) is 32.9 Å². The number of halogens is 1. The molecule has 5 heteroatoms. The van der Waals surface area contributed by atoms with E-state index >= 15 is 0 Å². The SMILES string of the molecule is [N-]=[N+]=NCCN1CC[C@H](CF)C1. The fraction of sp³-hybridized carbons (Fsp3) is 1.00. The van der Waals surface area contributed by atoms with E-state index < -0.39 is 0 Å².